The molecule has 27 heavy (non-hydrogen) atoms. The number of hydrogen-bond donors (Lipinski definition) is 0. The van der Waals surface area contributed by atoms with E-state index in [1.54, 1.807) is 0 Å². The van der Waals surface area contributed by atoms with Gasteiger partial charge in [0.05, 0.1) is 0 Å². The minimum absolute atomic E-state index is 0.859. The van der Waals surface area contributed by atoms with Crippen molar-refractivity contribution in [2.75, 3.05) is 0 Å². The fourth-order valence-corrected chi connectivity index (χ4v) is 3.96. The zero-order chi connectivity index (χ0) is 18.7. The quantitative estimate of drug-likeness (QED) is 0.314. The van der Waals surface area contributed by atoms with Crippen LogP contribution in [0.3, 0.4) is 0 Å². The molecule has 0 aromatic heterocycles. The summed E-state index contributed by atoms with van der Waals surface area (Å²) in [6.07, 6.45) is 0. The first kappa shape index (κ1) is 17.9. The van der Waals surface area contributed by atoms with Gasteiger partial charge in [-0.3, -0.25) is 0 Å². The van der Waals surface area contributed by atoms with E-state index in [2.05, 4.69) is 48.5 Å². The number of hydrogen-bond acceptors (Lipinski definition) is 0. The molecule has 2 heteroatoms. The Bertz CT molecular complexity index is 1040. The average Bonchev–Trinajstić information content (AvgIpc) is 2.75. The minimum Gasteiger partial charge on any atom is -0.0909 e. The second-order valence-corrected chi connectivity index (χ2v) is 7.72. The third-order valence-electron chi connectivity index (χ3n) is 4.70. The summed E-state index contributed by atoms with van der Waals surface area (Å²) < 4.78 is -1.14. The molecular weight excluding hydrogens is 371 g/mol. The molecule has 0 fully saturated rings. The highest BCUT2D eigenvalue weighted by Gasteiger charge is 2.31. The lowest BCUT2D eigenvalue weighted by molar-refractivity contribution is 1.04. The lowest BCUT2D eigenvalue weighted by atomic mass is 9.89. The molecule has 0 aliphatic carbocycles. The second-order valence-electron chi connectivity index (χ2n) is 6.40. The number of rotatable bonds is 4. The molecule has 0 saturated carbocycles. The molecule has 0 aliphatic heterocycles. The van der Waals surface area contributed by atoms with Crippen molar-refractivity contribution in [3.63, 3.8) is 0 Å². The Balaban J connectivity index is 1.92. The van der Waals surface area contributed by atoms with Gasteiger partial charge in [0.15, 0.2) is 4.33 Å². The van der Waals surface area contributed by atoms with Gasteiger partial charge in [-0.25, -0.2) is 0 Å². The molecule has 4 aromatic rings. The van der Waals surface area contributed by atoms with E-state index in [-0.39, 0.29) is 0 Å². The van der Waals surface area contributed by atoms with Crippen molar-refractivity contribution in [1.82, 2.24) is 0 Å². The van der Waals surface area contributed by atoms with Gasteiger partial charge in [0.1, 0.15) is 0 Å². The summed E-state index contributed by atoms with van der Waals surface area (Å²) in [5, 5.41) is 0. The van der Waals surface area contributed by atoms with Crippen LogP contribution in [0.4, 0.5) is 0 Å². The zero-order valence-corrected chi connectivity index (χ0v) is 16.2. The molecule has 0 nitrogen and oxygen atoms in total. The Labute approximate surface area is 170 Å². The van der Waals surface area contributed by atoms with Crippen LogP contribution in [0.25, 0.3) is 22.3 Å². The average molecular weight is 389 g/mol. The van der Waals surface area contributed by atoms with Gasteiger partial charge in [0.2, 0.25) is 0 Å². The van der Waals surface area contributed by atoms with Crippen LogP contribution in [0.5, 0.6) is 0 Å². The molecule has 0 N–H and O–H groups in total. The van der Waals surface area contributed by atoms with Gasteiger partial charge in [0, 0.05) is 5.56 Å². The summed E-state index contributed by atoms with van der Waals surface area (Å²) in [5.41, 5.74) is 6.20. The Morgan fingerprint density at radius 1 is 0.444 bits per heavy atom. The van der Waals surface area contributed by atoms with E-state index in [1.807, 2.05) is 60.7 Å². The van der Waals surface area contributed by atoms with Crippen LogP contribution in [0.1, 0.15) is 11.1 Å². The normalized spacial score (nSPS) is 11.3. The maximum absolute atomic E-state index is 6.91. The number of benzene rings is 4. The lowest BCUT2D eigenvalue weighted by Crippen LogP contribution is -2.13. The van der Waals surface area contributed by atoms with Gasteiger partial charge in [-0.1, -0.05) is 132 Å². The van der Waals surface area contributed by atoms with Crippen LogP contribution in [0, 0.1) is 0 Å². The summed E-state index contributed by atoms with van der Waals surface area (Å²) in [5.74, 6) is 0. The van der Waals surface area contributed by atoms with Gasteiger partial charge in [-0.2, -0.15) is 0 Å². The van der Waals surface area contributed by atoms with Gasteiger partial charge in [-0.15, -0.1) is 0 Å². The summed E-state index contributed by atoms with van der Waals surface area (Å²) in [7, 11) is 0. The van der Waals surface area contributed by atoms with Gasteiger partial charge >= 0.3 is 0 Å². The molecule has 0 unspecified atom stereocenters. The zero-order valence-electron chi connectivity index (χ0n) is 14.6. The van der Waals surface area contributed by atoms with Gasteiger partial charge in [0.25, 0.3) is 0 Å². The largest absolute Gasteiger partial charge is 0.168 e. The predicted octanol–water partition coefficient (Wildman–Crippen LogP) is 7.70. The molecular formula is C25H18Cl2. The van der Waals surface area contributed by atoms with Gasteiger partial charge < -0.3 is 0 Å². The first-order chi connectivity index (χ1) is 13.2. The van der Waals surface area contributed by atoms with E-state index in [9.17, 15) is 0 Å². The van der Waals surface area contributed by atoms with Crippen LogP contribution < -0.4 is 0 Å². The maximum Gasteiger partial charge on any atom is 0.168 e. The third-order valence-corrected chi connectivity index (χ3v) is 5.55. The topological polar surface area (TPSA) is 0 Å². The van der Waals surface area contributed by atoms with Crippen molar-refractivity contribution in [2.24, 2.45) is 0 Å². The second kappa shape index (κ2) is 7.60. The number of alkyl halides is 2. The molecule has 4 rings (SSSR count). The summed E-state index contributed by atoms with van der Waals surface area (Å²) in [6.45, 7) is 0. The van der Waals surface area contributed by atoms with Crippen molar-refractivity contribution >= 4 is 23.2 Å². The first-order valence-electron chi connectivity index (χ1n) is 8.85. The van der Waals surface area contributed by atoms with E-state index in [0.717, 1.165) is 33.4 Å². The maximum atomic E-state index is 6.91. The van der Waals surface area contributed by atoms with E-state index in [4.69, 9.17) is 23.2 Å². The summed E-state index contributed by atoms with van der Waals surface area (Å²) in [4.78, 5) is 0. The molecule has 0 aliphatic rings. The summed E-state index contributed by atoms with van der Waals surface area (Å²) >= 11 is 13.8. The van der Waals surface area contributed by atoms with E-state index in [1.165, 1.54) is 0 Å². The highest BCUT2D eigenvalue weighted by atomic mass is 35.5. The fourth-order valence-electron chi connectivity index (χ4n) is 3.38. The Morgan fingerprint density at radius 3 is 1.59 bits per heavy atom. The molecule has 0 bridgehead atoms. The van der Waals surface area contributed by atoms with Crippen molar-refractivity contribution in [2.45, 2.75) is 4.33 Å². The third kappa shape index (κ3) is 3.51. The van der Waals surface area contributed by atoms with Crippen LogP contribution in [-0.4, -0.2) is 0 Å². The van der Waals surface area contributed by atoms with Crippen LogP contribution in [0.15, 0.2) is 109 Å². The molecule has 4 aromatic carbocycles. The van der Waals surface area contributed by atoms with Gasteiger partial charge in [-0.05, 0) is 27.8 Å². The van der Waals surface area contributed by atoms with E-state index >= 15 is 0 Å². The number of halogens is 2. The Kier molecular flexibility index (Phi) is 5.03. The molecule has 0 amide bonds. The molecule has 0 radical (unpaired) electrons. The molecule has 0 heterocycles. The highest BCUT2D eigenvalue weighted by Crippen LogP contribution is 2.46. The highest BCUT2D eigenvalue weighted by molar-refractivity contribution is 6.50. The van der Waals surface area contributed by atoms with Crippen molar-refractivity contribution < 1.29 is 0 Å². The minimum atomic E-state index is -1.14. The van der Waals surface area contributed by atoms with Crippen molar-refractivity contribution in [1.29, 1.82) is 0 Å². The smallest absolute Gasteiger partial charge is 0.0909 e. The van der Waals surface area contributed by atoms with Crippen LogP contribution >= 0.6 is 23.2 Å². The Hall–Kier alpha value is -2.54. The molecule has 132 valence electrons. The van der Waals surface area contributed by atoms with Crippen LogP contribution in [0.2, 0.25) is 0 Å². The molecule has 0 atom stereocenters. The van der Waals surface area contributed by atoms with Crippen molar-refractivity contribution in [3.8, 4) is 22.3 Å². The fraction of sp³-hybridized carbons (Fsp3) is 0.0400. The monoisotopic (exact) mass is 388 g/mol. The predicted molar refractivity (Wildman–Crippen MR) is 116 cm³/mol. The van der Waals surface area contributed by atoms with Crippen molar-refractivity contribution in [3.05, 3.63) is 120 Å². The van der Waals surface area contributed by atoms with Crippen LogP contribution in [-0.2, 0) is 4.33 Å². The standard InChI is InChI=1S/C25H18Cl2/c26-25(27,20-13-5-2-6-14-20)24-18-10-9-17-23(24)22-16-8-7-15-21(22)19-11-3-1-4-12-19/h1-18H. The lowest BCUT2D eigenvalue weighted by Gasteiger charge is -2.25. The SMILES string of the molecule is ClC(Cl)(c1ccccc1)c1ccccc1-c1ccccc1-c1ccccc1. The van der Waals surface area contributed by atoms with E-state index in [0.29, 0.717) is 0 Å². The van der Waals surface area contributed by atoms with E-state index < -0.39 is 4.33 Å². The summed E-state index contributed by atoms with van der Waals surface area (Å²) in [6, 6.07) is 36.6. The molecule has 0 saturated heterocycles. The first-order valence-corrected chi connectivity index (χ1v) is 9.61. The Morgan fingerprint density at radius 2 is 0.926 bits per heavy atom. The molecule has 0 spiro atoms.